The van der Waals surface area contributed by atoms with Crippen LogP contribution in [-0.4, -0.2) is 36.4 Å². The minimum atomic E-state index is -1.94. The molecule has 0 saturated carbocycles. The van der Waals surface area contributed by atoms with Crippen molar-refractivity contribution in [3.05, 3.63) is 59.2 Å². The molecule has 30 heavy (non-hydrogen) atoms. The molecular formula is C20H18F3N5O2. The van der Waals surface area contributed by atoms with Gasteiger partial charge in [0.25, 0.3) is 11.9 Å². The molecule has 0 saturated heterocycles. The summed E-state index contributed by atoms with van der Waals surface area (Å²) in [7, 11) is 0. The van der Waals surface area contributed by atoms with E-state index in [0.717, 1.165) is 6.07 Å². The first-order valence-electron chi connectivity index (χ1n) is 8.96. The number of pyridine rings is 1. The maximum absolute atomic E-state index is 14.7. The third-order valence-corrected chi connectivity index (χ3v) is 4.98. The van der Waals surface area contributed by atoms with E-state index in [1.807, 2.05) is 6.07 Å². The highest BCUT2D eigenvalue weighted by molar-refractivity contribution is 6.02. The van der Waals surface area contributed by atoms with Crippen molar-refractivity contribution in [2.24, 2.45) is 16.6 Å². The fraction of sp³-hybridized carbons (Fsp3) is 0.300. The van der Waals surface area contributed by atoms with Gasteiger partial charge in [-0.15, -0.1) is 0 Å². The minimum Gasteiger partial charge on any atom is -0.462 e. The van der Waals surface area contributed by atoms with E-state index in [2.05, 4.69) is 15.3 Å². The van der Waals surface area contributed by atoms with Crippen LogP contribution in [0.25, 0.3) is 0 Å². The molecule has 0 aliphatic carbocycles. The summed E-state index contributed by atoms with van der Waals surface area (Å²) in [5, 5.41) is 11.3. The molecule has 0 spiro atoms. The topological polar surface area (TPSA) is 113 Å². The quantitative estimate of drug-likeness (QED) is 0.777. The number of ether oxygens (including phenoxy) is 1. The monoisotopic (exact) mass is 417 g/mol. The summed E-state index contributed by atoms with van der Waals surface area (Å²) in [4.78, 5) is 20.2. The molecule has 1 aliphatic rings. The first-order valence-corrected chi connectivity index (χ1v) is 8.96. The van der Waals surface area contributed by atoms with Gasteiger partial charge >= 0.3 is 0 Å². The number of nitriles is 1. The van der Waals surface area contributed by atoms with Crippen molar-refractivity contribution in [3.63, 3.8) is 0 Å². The van der Waals surface area contributed by atoms with Crippen molar-refractivity contribution in [1.82, 2.24) is 4.98 Å². The average molecular weight is 417 g/mol. The number of benzene rings is 1. The van der Waals surface area contributed by atoms with E-state index in [4.69, 9.17) is 15.7 Å². The summed E-state index contributed by atoms with van der Waals surface area (Å²) in [6, 6.07) is 7.77. The van der Waals surface area contributed by atoms with Crippen LogP contribution in [-0.2, 0) is 10.3 Å². The summed E-state index contributed by atoms with van der Waals surface area (Å²) in [5.74, 6) is -2.58. The molecule has 2 heterocycles. The number of anilines is 1. The van der Waals surface area contributed by atoms with Gasteiger partial charge in [-0.3, -0.25) is 9.18 Å². The Kier molecular flexibility index (Phi) is 5.91. The lowest BCUT2D eigenvalue weighted by Gasteiger charge is -2.41. The standard InChI is InChI=1S/C20H18F3N5O2/c1-11-15(7-21)20(10-22,28-19(25)30-11)14-6-13(3-4-16(14)23)27-18(29)17-5-2-12(8-24)9-26-17/h2-6,9,11,15H,7,10H2,1H3,(H2,25,28)(H,27,29)/t11-,15+,20-/m1/s1. The van der Waals surface area contributed by atoms with Crippen molar-refractivity contribution >= 4 is 17.6 Å². The fourth-order valence-corrected chi connectivity index (χ4v) is 3.41. The molecule has 0 bridgehead atoms. The second-order valence-electron chi connectivity index (χ2n) is 6.78. The Bertz CT molecular complexity index is 1020. The molecule has 1 aromatic carbocycles. The molecule has 0 fully saturated rings. The van der Waals surface area contributed by atoms with Crippen LogP contribution in [0.5, 0.6) is 0 Å². The molecule has 7 nitrogen and oxygen atoms in total. The van der Waals surface area contributed by atoms with E-state index >= 15 is 0 Å². The molecule has 3 N–H and O–H groups in total. The SMILES string of the molecule is C[C@H]1OC(N)=N[C@](CF)(c2cc(NC(=O)c3ccc(C#N)cn3)ccc2F)[C@H]1CF. The zero-order valence-corrected chi connectivity index (χ0v) is 15.9. The molecule has 10 heteroatoms. The number of aromatic nitrogens is 1. The zero-order valence-electron chi connectivity index (χ0n) is 15.9. The number of aliphatic imine (C=N–C) groups is 1. The van der Waals surface area contributed by atoms with Crippen LogP contribution in [0.3, 0.4) is 0 Å². The number of nitrogens with one attached hydrogen (secondary N) is 1. The molecule has 1 amide bonds. The average Bonchev–Trinajstić information content (AvgIpc) is 2.74. The van der Waals surface area contributed by atoms with Crippen molar-refractivity contribution in [2.75, 3.05) is 18.7 Å². The van der Waals surface area contributed by atoms with Gasteiger partial charge in [-0.05, 0) is 37.3 Å². The normalized spacial score (nSPS) is 23.1. The highest BCUT2D eigenvalue weighted by atomic mass is 19.1. The summed E-state index contributed by atoms with van der Waals surface area (Å²) in [6.07, 6.45) is 0.388. The Balaban J connectivity index is 1.98. The number of hydrogen-bond donors (Lipinski definition) is 2. The lowest BCUT2D eigenvalue weighted by molar-refractivity contribution is 0.0242. The second-order valence-corrected chi connectivity index (χ2v) is 6.78. The van der Waals surface area contributed by atoms with Crippen LogP contribution in [0.2, 0.25) is 0 Å². The van der Waals surface area contributed by atoms with Gasteiger partial charge in [0.05, 0.1) is 18.2 Å². The molecule has 0 radical (unpaired) electrons. The van der Waals surface area contributed by atoms with Crippen LogP contribution >= 0.6 is 0 Å². The number of rotatable bonds is 5. The largest absolute Gasteiger partial charge is 0.462 e. The molecular weight excluding hydrogens is 399 g/mol. The molecule has 156 valence electrons. The van der Waals surface area contributed by atoms with E-state index in [1.54, 1.807) is 0 Å². The first kappa shape index (κ1) is 21.1. The molecule has 0 unspecified atom stereocenters. The third kappa shape index (κ3) is 3.78. The third-order valence-electron chi connectivity index (χ3n) is 4.98. The van der Waals surface area contributed by atoms with Gasteiger partial charge in [0.1, 0.15) is 35.9 Å². The number of nitrogens with zero attached hydrogens (tertiary/aromatic N) is 3. The molecule has 3 rings (SSSR count). The Morgan fingerprint density at radius 1 is 1.37 bits per heavy atom. The van der Waals surface area contributed by atoms with Gasteiger partial charge in [0.15, 0.2) is 0 Å². The number of alkyl halides is 2. The molecule has 3 atom stereocenters. The van der Waals surface area contributed by atoms with Crippen LogP contribution in [0, 0.1) is 23.1 Å². The zero-order chi connectivity index (χ0) is 21.9. The fourth-order valence-electron chi connectivity index (χ4n) is 3.41. The van der Waals surface area contributed by atoms with E-state index in [0.29, 0.717) is 0 Å². The number of halogens is 3. The Labute approximate surface area is 170 Å². The lowest BCUT2D eigenvalue weighted by atomic mass is 9.76. The second kappa shape index (κ2) is 8.41. The number of amides is 1. The highest BCUT2D eigenvalue weighted by Crippen LogP contribution is 2.42. The number of carbonyl (C=O) groups is 1. The van der Waals surface area contributed by atoms with Gasteiger partial charge in [-0.1, -0.05) is 0 Å². The van der Waals surface area contributed by atoms with Gasteiger partial charge in [-0.2, -0.15) is 5.26 Å². The van der Waals surface area contributed by atoms with Gasteiger partial charge in [-0.25, -0.2) is 18.8 Å². The minimum absolute atomic E-state index is 0.0173. The van der Waals surface area contributed by atoms with Gasteiger partial charge in [0, 0.05) is 17.4 Å². The van der Waals surface area contributed by atoms with E-state index in [-0.39, 0.29) is 28.5 Å². The lowest BCUT2D eigenvalue weighted by Crippen LogP contribution is -2.50. The van der Waals surface area contributed by atoms with Crippen molar-refractivity contribution in [3.8, 4) is 6.07 Å². The number of carbonyl (C=O) groups excluding carboxylic acids is 1. The van der Waals surface area contributed by atoms with Gasteiger partial charge in [0.2, 0.25) is 0 Å². The van der Waals surface area contributed by atoms with Crippen molar-refractivity contribution < 1.29 is 22.7 Å². The highest BCUT2D eigenvalue weighted by Gasteiger charge is 2.49. The van der Waals surface area contributed by atoms with Crippen LogP contribution in [0.4, 0.5) is 18.9 Å². The predicted molar refractivity (Wildman–Crippen MR) is 103 cm³/mol. The van der Waals surface area contributed by atoms with E-state index < -0.39 is 42.6 Å². The molecule has 1 aliphatic heterocycles. The Morgan fingerprint density at radius 2 is 2.13 bits per heavy atom. The number of amidine groups is 1. The van der Waals surface area contributed by atoms with Crippen molar-refractivity contribution in [2.45, 2.75) is 18.6 Å². The Hall–Kier alpha value is -3.61. The maximum atomic E-state index is 14.7. The maximum Gasteiger partial charge on any atom is 0.283 e. The number of hydrogen-bond acceptors (Lipinski definition) is 6. The predicted octanol–water partition coefficient (Wildman–Crippen LogP) is 2.83. The summed E-state index contributed by atoms with van der Waals surface area (Å²) in [6.45, 7) is -0.745. The van der Waals surface area contributed by atoms with Crippen molar-refractivity contribution in [1.29, 1.82) is 5.26 Å². The first-order chi connectivity index (χ1) is 14.3. The van der Waals surface area contributed by atoms with Gasteiger partial charge < -0.3 is 15.8 Å². The molecule has 2 aromatic rings. The number of nitrogens with two attached hydrogens (primary N) is 1. The van der Waals surface area contributed by atoms with E-state index in [1.165, 1.54) is 37.4 Å². The summed E-state index contributed by atoms with van der Waals surface area (Å²) in [5.41, 5.74) is 3.85. The Morgan fingerprint density at radius 3 is 2.73 bits per heavy atom. The van der Waals surface area contributed by atoms with Crippen LogP contribution in [0.15, 0.2) is 41.5 Å². The van der Waals surface area contributed by atoms with E-state index in [9.17, 15) is 18.0 Å². The summed E-state index contributed by atoms with van der Waals surface area (Å²) < 4.78 is 47.9. The van der Waals surface area contributed by atoms with Crippen LogP contribution < -0.4 is 11.1 Å². The van der Waals surface area contributed by atoms with Crippen LogP contribution in [0.1, 0.15) is 28.5 Å². The summed E-state index contributed by atoms with van der Waals surface area (Å²) >= 11 is 0. The smallest absolute Gasteiger partial charge is 0.283 e. The molecule has 1 aromatic heterocycles.